The van der Waals surface area contributed by atoms with Crippen LogP contribution in [0, 0.1) is 0 Å². The Morgan fingerprint density at radius 2 is 1.81 bits per heavy atom. The van der Waals surface area contributed by atoms with Gasteiger partial charge in [-0.3, -0.25) is 0 Å². The van der Waals surface area contributed by atoms with Gasteiger partial charge in [-0.15, -0.1) is 0 Å². The minimum atomic E-state index is -0.0605. The second kappa shape index (κ2) is 7.09. The minimum Gasteiger partial charge on any atom is -0.337 e. The number of fused-ring (bicyclic) bond motifs is 1. The first-order chi connectivity index (χ1) is 10.1. The molecule has 0 spiro atoms. The van der Waals surface area contributed by atoms with Crippen molar-refractivity contribution in [2.45, 2.75) is 13.0 Å². The predicted molar refractivity (Wildman–Crippen MR) is 87.5 cm³/mol. The average molecular weight is 285 g/mol. The Bertz CT molecular complexity index is 605. The van der Waals surface area contributed by atoms with Crippen molar-refractivity contribution in [1.82, 2.24) is 15.5 Å². The molecule has 0 aliphatic heterocycles. The van der Waals surface area contributed by atoms with Crippen molar-refractivity contribution >= 4 is 16.8 Å². The molecule has 1 unspecified atom stereocenters. The topological polar surface area (TPSA) is 44.4 Å². The van der Waals surface area contributed by atoms with E-state index < -0.39 is 0 Å². The number of hydrogen-bond donors (Lipinski definition) is 2. The number of hydrogen-bond acceptors (Lipinski definition) is 2. The highest BCUT2D eigenvalue weighted by atomic mass is 16.2. The molecule has 2 amide bonds. The van der Waals surface area contributed by atoms with Crippen LogP contribution >= 0.6 is 0 Å². The maximum absolute atomic E-state index is 11.4. The van der Waals surface area contributed by atoms with E-state index in [-0.39, 0.29) is 12.1 Å². The standard InChI is InChI=1S/C17H23N3O/c1-13(18-11-12-19-17(21)20(2)3)15-10-6-8-14-7-4-5-9-16(14)15/h4-10,13,18H,11-12H2,1-3H3,(H,19,21). The molecule has 2 N–H and O–H groups in total. The SMILES string of the molecule is CC(NCCNC(=O)N(C)C)c1cccc2ccccc12. The van der Waals surface area contributed by atoms with E-state index >= 15 is 0 Å². The molecule has 112 valence electrons. The number of urea groups is 1. The molecule has 2 aromatic rings. The molecule has 0 saturated carbocycles. The van der Waals surface area contributed by atoms with E-state index in [9.17, 15) is 4.79 Å². The van der Waals surface area contributed by atoms with Gasteiger partial charge in [-0.1, -0.05) is 42.5 Å². The smallest absolute Gasteiger partial charge is 0.316 e. The summed E-state index contributed by atoms with van der Waals surface area (Å²) in [4.78, 5) is 13.0. The highest BCUT2D eigenvalue weighted by Gasteiger charge is 2.08. The lowest BCUT2D eigenvalue weighted by atomic mass is 10.00. The van der Waals surface area contributed by atoms with Gasteiger partial charge in [-0.25, -0.2) is 4.79 Å². The molecule has 4 heteroatoms. The molecule has 2 rings (SSSR count). The molecule has 0 fully saturated rings. The molecule has 4 nitrogen and oxygen atoms in total. The van der Waals surface area contributed by atoms with Crippen molar-refractivity contribution in [3.63, 3.8) is 0 Å². The van der Waals surface area contributed by atoms with Crippen molar-refractivity contribution in [2.24, 2.45) is 0 Å². The van der Waals surface area contributed by atoms with Crippen molar-refractivity contribution < 1.29 is 4.79 Å². The van der Waals surface area contributed by atoms with Gasteiger partial charge in [0.05, 0.1) is 0 Å². The number of carbonyl (C=O) groups is 1. The summed E-state index contributed by atoms with van der Waals surface area (Å²) >= 11 is 0. The first-order valence-corrected chi connectivity index (χ1v) is 7.26. The van der Waals surface area contributed by atoms with Gasteiger partial charge in [0.1, 0.15) is 0 Å². The molecule has 0 bridgehead atoms. The van der Waals surface area contributed by atoms with Crippen LogP contribution in [0.3, 0.4) is 0 Å². The Labute approximate surface area is 126 Å². The van der Waals surface area contributed by atoms with Gasteiger partial charge < -0.3 is 15.5 Å². The van der Waals surface area contributed by atoms with Crippen LogP contribution in [0.2, 0.25) is 0 Å². The number of nitrogens with one attached hydrogen (secondary N) is 2. The van der Waals surface area contributed by atoms with Crippen LogP contribution in [0.4, 0.5) is 4.79 Å². The van der Waals surface area contributed by atoms with E-state index in [0.717, 1.165) is 6.54 Å². The molecule has 0 aliphatic rings. The molecule has 0 saturated heterocycles. The van der Waals surface area contributed by atoms with Gasteiger partial charge in [0.25, 0.3) is 0 Å². The van der Waals surface area contributed by atoms with E-state index in [4.69, 9.17) is 0 Å². The molecule has 2 aromatic carbocycles. The summed E-state index contributed by atoms with van der Waals surface area (Å²) in [6.07, 6.45) is 0. The number of rotatable bonds is 5. The summed E-state index contributed by atoms with van der Waals surface area (Å²) in [5.74, 6) is 0. The van der Waals surface area contributed by atoms with Crippen molar-refractivity contribution in [2.75, 3.05) is 27.2 Å². The number of amides is 2. The highest BCUT2D eigenvalue weighted by Crippen LogP contribution is 2.23. The van der Waals surface area contributed by atoms with E-state index in [1.54, 1.807) is 14.1 Å². The summed E-state index contributed by atoms with van der Waals surface area (Å²) in [5.41, 5.74) is 1.28. The fourth-order valence-electron chi connectivity index (χ4n) is 2.35. The van der Waals surface area contributed by atoms with Crippen LogP contribution in [0.1, 0.15) is 18.5 Å². The van der Waals surface area contributed by atoms with Crippen molar-refractivity contribution in [1.29, 1.82) is 0 Å². The molecule has 1 atom stereocenters. The van der Waals surface area contributed by atoms with Crippen LogP contribution in [0.15, 0.2) is 42.5 Å². The van der Waals surface area contributed by atoms with Crippen molar-refractivity contribution in [3.8, 4) is 0 Å². The van der Waals surface area contributed by atoms with Gasteiger partial charge in [-0.2, -0.15) is 0 Å². The monoisotopic (exact) mass is 285 g/mol. The molecular formula is C17H23N3O. The zero-order valence-corrected chi connectivity index (χ0v) is 12.9. The molecule has 0 aliphatic carbocycles. The second-order valence-corrected chi connectivity index (χ2v) is 5.37. The van der Waals surface area contributed by atoms with Gasteiger partial charge in [0.2, 0.25) is 0 Å². The molecule has 0 radical (unpaired) electrons. The van der Waals surface area contributed by atoms with E-state index in [2.05, 4.69) is 60.0 Å². The van der Waals surface area contributed by atoms with Crippen LogP contribution in [0.5, 0.6) is 0 Å². The Balaban J connectivity index is 1.93. The van der Waals surface area contributed by atoms with E-state index in [0.29, 0.717) is 6.54 Å². The summed E-state index contributed by atoms with van der Waals surface area (Å²) in [6.45, 7) is 3.51. The quantitative estimate of drug-likeness (QED) is 0.830. The first-order valence-electron chi connectivity index (χ1n) is 7.26. The number of benzene rings is 2. The lowest BCUT2D eigenvalue weighted by molar-refractivity contribution is 0.217. The van der Waals surface area contributed by atoms with Gasteiger partial charge in [-0.05, 0) is 23.3 Å². The molecule has 0 heterocycles. The van der Waals surface area contributed by atoms with Gasteiger partial charge in [0.15, 0.2) is 0 Å². The number of carbonyl (C=O) groups excluding carboxylic acids is 1. The van der Waals surface area contributed by atoms with Gasteiger partial charge >= 0.3 is 6.03 Å². The Morgan fingerprint density at radius 3 is 2.57 bits per heavy atom. The third kappa shape index (κ3) is 3.95. The van der Waals surface area contributed by atoms with Crippen LogP contribution in [-0.4, -0.2) is 38.1 Å². The van der Waals surface area contributed by atoms with Gasteiger partial charge in [0, 0.05) is 33.2 Å². The largest absolute Gasteiger partial charge is 0.337 e. The third-order valence-corrected chi connectivity index (χ3v) is 3.55. The Hall–Kier alpha value is -2.07. The fourth-order valence-corrected chi connectivity index (χ4v) is 2.35. The van der Waals surface area contributed by atoms with Crippen molar-refractivity contribution in [3.05, 3.63) is 48.0 Å². The van der Waals surface area contributed by atoms with E-state index in [1.165, 1.54) is 21.2 Å². The third-order valence-electron chi connectivity index (χ3n) is 3.55. The van der Waals surface area contributed by atoms with Crippen LogP contribution in [-0.2, 0) is 0 Å². The molecule has 0 aromatic heterocycles. The highest BCUT2D eigenvalue weighted by molar-refractivity contribution is 5.86. The molecule has 21 heavy (non-hydrogen) atoms. The zero-order valence-electron chi connectivity index (χ0n) is 12.9. The number of nitrogens with zero attached hydrogens (tertiary/aromatic N) is 1. The summed E-state index contributed by atoms with van der Waals surface area (Å²) < 4.78 is 0. The summed E-state index contributed by atoms with van der Waals surface area (Å²) in [7, 11) is 3.48. The zero-order chi connectivity index (χ0) is 15.2. The lowest BCUT2D eigenvalue weighted by Crippen LogP contribution is -2.38. The Kier molecular flexibility index (Phi) is 5.17. The minimum absolute atomic E-state index is 0.0605. The first kappa shape index (κ1) is 15.3. The average Bonchev–Trinajstić information content (AvgIpc) is 2.50. The predicted octanol–water partition coefficient (Wildman–Crippen LogP) is 2.76. The van der Waals surface area contributed by atoms with E-state index in [1.807, 2.05) is 0 Å². The fraction of sp³-hybridized carbons (Fsp3) is 0.353. The van der Waals surface area contributed by atoms with Crippen LogP contribution in [0.25, 0.3) is 10.8 Å². The molecular weight excluding hydrogens is 262 g/mol. The summed E-state index contributed by atoms with van der Waals surface area (Å²) in [6, 6.07) is 14.9. The van der Waals surface area contributed by atoms with Crippen LogP contribution < -0.4 is 10.6 Å². The second-order valence-electron chi connectivity index (χ2n) is 5.37. The summed E-state index contributed by atoms with van der Waals surface area (Å²) in [5, 5.41) is 8.83. The normalized spacial score (nSPS) is 12.1. The maximum Gasteiger partial charge on any atom is 0.316 e. The Morgan fingerprint density at radius 1 is 1.10 bits per heavy atom. The maximum atomic E-state index is 11.4. The lowest BCUT2D eigenvalue weighted by Gasteiger charge is -2.17.